The van der Waals surface area contributed by atoms with Crippen LogP contribution in [0.15, 0.2) is 82.8 Å². The number of hydrogen-bond acceptors (Lipinski definition) is 6. The van der Waals surface area contributed by atoms with Crippen LogP contribution in [0.5, 0.6) is 5.75 Å². The summed E-state index contributed by atoms with van der Waals surface area (Å²) in [6, 6.07) is 21.0. The van der Waals surface area contributed by atoms with E-state index in [0.717, 1.165) is 34.1 Å². The molecule has 4 aromatic rings. The lowest BCUT2D eigenvalue weighted by molar-refractivity contribution is 0.226. The van der Waals surface area contributed by atoms with Crippen LogP contribution >= 0.6 is 23.1 Å². The summed E-state index contributed by atoms with van der Waals surface area (Å²) in [6.07, 6.45) is 3.51. The van der Waals surface area contributed by atoms with Gasteiger partial charge in [-0.15, -0.1) is 23.1 Å². The number of rotatable bonds is 3. The molecule has 6 rings (SSSR count). The van der Waals surface area contributed by atoms with E-state index >= 15 is 0 Å². The van der Waals surface area contributed by atoms with Crippen LogP contribution in [0.4, 0.5) is 5.95 Å². The van der Waals surface area contributed by atoms with Crippen LogP contribution in [0, 0.1) is 0 Å². The Hall–Kier alpha value is -3.03. The molecular weight excluding hydrogens is 412 g/mol. The van der Waals surface area contributed by atoms with Crippen molar-refractivity contribution < 1.29 is 4.74 Å². The van der Waals surface area contributed by atoms with Crippen LogP contribution in [0.3, 0.4) is 0 Å². The molecule has 30 heavy (non-hydrogen) atoms. The van der Waals surface area contributed by atoms with E-state index in [2.05, 4.69) is 69.5 Å². The second-order valence-electron chi connectivity index (χ2n) is 7.17. The average molecular weight is 431 g/mol. The van der Waals surface area contributed by atoms with Crippen molar-refractivity contribution in [1.29, 1.82) is 0 Å². The quantitative estimate of drug-likeness (QED) is 0.428. The van der Waals surface area contributed by atoms with Crippen LogP contribution in [0.1, 0.15) is 28.1 Å². The van der Waals surface area contributed by atoms with Gasteiger partial charge in [0.2, 0.25) is 5.95 Å². The van der Waals surface area contributed by atoms with E-state index in [4.69, 9.17) is 4.74 Å². The highest BCUT2D eigenvalue weighted by Gasteiger charge is 2.41. The predicted molar refractivity (Wildman–Crippen MR) is 121 cm³/mol. The van der Waals surface area contributed by atoms with Gasteiger partial charge in [0.05, 0.1) is 5.70 Å². The summed E-state index contributed by atoms with van der Waals surface area (Å²) in [5.74, 6) is 1.63. The molecule has 5 nitrogen and oxygen atoms in total. The summed E-state index contributed by atoms with van der Waals surface area (Å²) >= 11 is 3.45. The summed E-state index contributed by atoms with van der Waals surface area (Å²) in [6.45, 7) is 0. The number of thioether (sulfide) groups is 1. The molecule has 2 aromatic heterocycles. The first-order valence-electron chi connectivity index (χ1n) is 9.67. The number of aromatic nitrogens is 3. The third kappa shape index (κ3) is 2.69. The van der Waals surface area contributed by atoms with Crippen LogP contribution in [-0.4, -0.2) is 21.0 Å². The van der Waals surface area contributed by atoms with Gasteiger partial charge in [0.25, 0.3) is 0 Å². The minimum absolute atomic E-state index is 0.102. The summed E-state index contributed by atoms with van der Waals surface area (Å²) in [7, 11) is 0. The van der Waals surface area contributed by atoms with Crippen LogP contribution in [0.2, 0.25) is 0 Å². The molecule has 7 heteroatoms. The summed E-state index contributed by atoms with van der Waals surface area (Å²) in [5, 5.41) is 10.2. The third-order valence-corrected chi connectivity index (χ3v) is 7.21. The van der Waals surface area contributed by atoms with Crippen molar-refractivity contribution in [2.24, 2.45) is 0 Å². The van der Waals surface area contributed by atoms with Gasteiger partial charge >= 0.3 is 0 Å². The fourth-order valence-corrected chi connectivity index (χ4v) is 5.38. The molecule has 0 spiro atoms. The standard InChI is InChI=1S/C23H18N4OS2/c1-29-15-10-8-14(9-11-15)21-19-20(26-23-24-13-25-27(21)23)16-5-2-3-6-17(16)28-22(19)18-7-4-12-30-18/h2-13,21-22H,1H3,(H,24,25,26)/t21-,22+/m1/s1. The van der Waals surface area contributed by atoms with Crippen molar-refractivity contribution in [3.63, 3.8) is 0 Å². The number of para-hydroxylation sites is 1. The van der Waals surface area contributed by atoms with E-state index in [1.54, 1.807) is 29.4 Å². The van der Waals surface area contributed by atoms with Gasteiger partial charge in [0.1, 0.15) is 18.1 Å². The molecule has 0 amide bonds. The molecule has 0 fully saturated rings. The Bertz CT molecular complexity index is 1240. The number of nitrogens with one attached hydrogen (secondary N) is 1. The lowest BCUT2D eigenvalue weighted by Crippen LogP contribution is -2.32. The van der Waals surface area contributed by atoms with Crippen molar-refractivity contribution in [1.82, 2.24) is 14.8 Å². The van der Waals surface area contributed by atoms with Gasteiger partial charge in [0, 0.05) is 20.9 Å². The molecule has 2 aliphatic heterocycles. The molecule has 148 valence electrons. The zero-order valence-corrected chi connectivity index (χ0v) is 17.8. The van der Waals surface area contributed by atoms with Crippen molar-refractivity contribution in [2.75, 3.05) is 11.6 Å². The molecule has 2 aliphatic rings. The molecule has 2 atom stereocenters. The normalized spacial score (nSPS) is 19.4. The first-order chi connectivity index (χ1) is 14.8. The topological polar surface area (TPSA) is 52.0 Å². The Morgan fingerprint density at radius 1 is 1.07 bits per heavy atom. The lowest BCUT2D eigenvalue weighted by Gasteiger charge is -2.38. The van der Waals surface area contributed by atoms with E-state index in [1.165, 1.54) is 9.77 Å². The summed E-state index contributed by atoms with van der Waals surface area (Å²) in [5.41, 5.74) is 4.44. The number of hydrogen-bond donors (Lipinski definition) is 1. The van der Waals surface area contributed by atoms with Gasteiger partial charge < -0.3 is 10.1 Å². The number of benzene rings is 2. The highest BCUT2D eigenvalue weighted by molar-refractivity contribution is 7.98. The van der Waals surface area contributed by atoms with Gasteiger partial charge in [-0.25, -0.2) is 4.68 Å². The number of nitrogens with zero attached hydrogens (tertiary/aromatic N) is 3. The molecule has 0 saturated carbocycles. The molecule has 0 saturated heterocycles. The minimum atomic E-state index is -0.190. The number of fused-ring (bicyclic) bond motifs is 3. The van der Waals surface area contributed by atoms with Crippen LogP contribution in [0.25, 0.3) is 5.70 Å². The van der Waals surface area contributed by atoms with Gasteiger partial charge in [-0.2, -0.15) is 10.1 Å². The Balaban J connectivity index is 1.61. The van der Waals surface area contributed by atoms with Crippen LogP contribution < -0.4 is 10.1 Å². The second kappa shape index (κ2) is 7.04. The van der Waals surface area contributed by atoms with Crippen LogP contribution in [-0.2, 0) is 0 Å². The number of thiophene rings is 1. The maximum absolute atomic E-state index is 6.58. The fourth-order valence-electron chi connectivity index (χ4n) is 4.20. The van der Waals surface area contributed by atoms with E-state index in [9.17, 15) is 0 Å². The molecule has 0 aliphatic carbocycles. The Labute approximate surface area is 182 Å². The van der Waals surface area contributed by atoms with Gasteiger partial charge in [-0.3, -0.25) is 0 Å². The van der Waals surface area contributed by atoms with Gasteiger partial charge in [-0.1, -0.05) is 30.3 Å². The zero-order chi connectivity index (χ0) is 20.1. The average Bonchev–Trinajstić information content (AvgIpc) is 3.49. The maximum Gasteiger partial charge on any atom is 0.226 e. The summed E-state index contributed by atoms with van der Waals surface area (Å²) in [4.78, 5) is 6.89. The van der Waals surface area contributed by atoms with Crippen molar-refractivity contribution in [2.45, 2.75) is 17.0 Å². The van der Waals surface area contributed by atoms with E-state index in [-0.39, 0.29) is 12.1 Å². The van der Waals surface area contributed by atoms with Crippen molar-refractivity contribution >= 4 is 34.7 Å². The van der Waals surface area contributed by atoms with Crippen molar-refractivity contribution in [3.05, 3.63) is 93.9 Å². The van der Waals surface area contributed by atoms with Gasteiger partial charge in [0.15, 0.2) is 6.10 Å². The molecule has 4 heterocycles. The molecule has 2 aromatic carbocycles. The first-order valence-corrected chi connectivity index (χ1v) is 11.8. The Morgan fingerprint density at radius 3 is 2.73 bits per heavy atom. The SMILES string of the molecule is CSc1ccc([C@@H]2C3=C(Nc4ncnn42)c2ccccc2O[C@H]3c2cccs2)cc1. The third-order valence-electron chi connectivity index (χ3n) is 5.55. The molecule has 1 N–H and O–H groups in total. The smallest absolute Gasteiger partial charge is 0.226 e. The Kier molecular flexibility index (Phi) is 4.17. The van der Waals surface area contributed by atoms with Crippen molar-refractivity contribution in [3.8, 4) is 5.75 Å². The minimum Gasteiger partial charge on any atom is -0.480 e. The van der Waals surface area contributed by atoms with E-state index < -0.39 is 0 Å². The fraction of sp³-hybridized carbons (Fsp3) is 0.130. The first kappa shape index (κ1) is 17.8. The maximum atomic E-state index is 6.58. The molecular formula is C23H18N4OS2. The second-order valence-corrected chi connectivity index (χ2v) is 9.03. The molecule has 0 radical (unpaired) electrons. The molecule has 0 unspecified atom stereocenters. The monoisotopic (exact) mass is 430 g/mol. The highest BCUT2D eigenvalue weighted by atomic mass is 32.2. The predicted octanol–water partition coefficient (Wildman–Crippen LogP) is 5.62. The summed E-state index contributed by atoms with van der Waals surface area (Å²) < 4.78 is 8.54. The largest absolute Gasteiger partial charge is 0.480 e. The van der Waals surface area contributed by atoms with E-state index in [0.29, 0.717) is 0 Å². The Morgan fingerprint density at radius 2 is 1.93 bits per heavy atom. The molecule has 0 bridgehead atoms. The zero-order valence-electron chi connectivity index (χ0n) is 16.1. The number of ether oxygens (including phenoxy) is 1. The highest BCUT2D eigenvalue weighted by Crippen LogP contribution is 2.51. The lowest BCUT2D eigenvalue weighted by atomic mass is 9.87. The van der Waals surface area contributed by atoms with Gasteiger partial charge in [-0.05, 0) is 47.5 Å². The number of anilines is 1. The van der Waals surface area contributed by atoms with E-state index in [1.807, 2.05) is 22.9 Å².